The van der Waals surface area contributed by atoms with E-state index in [9.17, 15) is 0 Å². The Bertz CT molecular complexity index is 892. The van der Waals surface area contributed by atoms with Crippen LogP contribution >= 0.6 is 0 Å². The molecule has 4 rings (SSSR count). The number of rotatable bonds is 5. The Kier molecular flexibility index (Phi) is 5.74. The van der Waals surface area contributed by atoms with Gasteiger partial charge in [0.1, 0.15) is 0 Å². The zero-order chi connectivity index (χ0) is 20.3. The van der Waals surface area contributed by atoms with E-state index in [4.69, 9.17) is 0 Å². The van der Waals surface area contributed by atoms with Crippen molar-refractivity contribution in [2.24, 2.45) is 0 Å². The standard InChI is InChI=1S/C23H30N6/c1-23(2,3)29-22(24-25-26-29)21(20-12-8-5-9-13-20)28-16-14-27(15-17-28)18-19-10-6-4-7-11-19/h4-13,21H,14-18H2,1-3H3. The van der Waals surface area contributed by atoms with Gasteiger partial charge in [-0.25, -0.2) is 4.68 Å². The first-order chi connectivity index (χ1) is 14.0. The maximum atomic E-state index is 4.47. The van der Waals surface area contributed by atoms with Crippen LogP contribution in [0.25, 0.3) is 0 Å². The Morgan fingerprint density at radius 2 is 1.48 bits per heavy atom. The van der Waals surface area contributed by atoms with Crippen LogP contribution in [0.5, 0.6) is 0 Å². The van der Waals surface area contributed by atoms with Crippen molar-refractivity contribution >= 4 is 0 Å². The van der Waals surface area contributed by atoms with Crippen molar-refractivity contribution in [2.75, 3.05) is 26.2 Å². The lowest BCUT2D eigenvalue weighted by Gasteiger charge is -2.39. The van der Waals surface area contributed by atoms with Crippen LogP contribution in [0.2, 0.25) is 0 Å². The Hall–Kier alpha value is -2.57. The highest BCUT2D eigenvalue weighted by Gasteiger charge is 2.33. The van der Waals surface area contributed by atoms with Gasteiger partial charge < -0.3 is 0 Å². The third-order valence-corrected chi connectivity index (χ3v) is 5.51. The molecule has 2 heterocycles. The van der Waals surface area contributed by atoms with E-state index in [0.29, 0.717) is 0 Å². The van der Waals surface area contributed by atoms with Crippen LogP contribution in [0.1, 0.15) is 43.8 Å². The van der Waals surface area contributed by atoms with E-state index < -0.39 is 0 Å². The number of piperazine rings is 1. The molecule has 1 unspecified atom stereocenters. The zero-order valence-corrected chi connectivity index (χ0v) is 17.6. The number of hydrogen-bond acceptors (Lipinski definition) is 5. The highest BCUT2D eigenvalue weighted by molar-refractivity contribution is 5.25. The van der Waals surface area contributed by atoms with Crippen LogP contribution in [0, 0.1) is 0 Å². The predicted octanol–water partition coefficient (Wildman–Crippen LogP) is 3.34. The second-order valence-corrected chi connectivity index (χ2v) is 8.73. The monoisotopic (exact) mass is 390 g/mol. The summed E-state index contributed by atoms with van der Waals surface area (Å²) in [5, 5.41) is 12.8. The molecule has 6 nitrogen and oxygen atoms in total. The highest BCUT2D eigenvalue weighted by Crippen LogP contribution is 2.30. The van der Waals surface area contributed by atoms with Crippen molar-refractivity contribution in [1.82, 2.24) is 30.0 Å². The van der Waals surface area contributed by atoms with Crippen molar-refractivity contribution in [3.63, 3.8) is 0 Å². The van der Waals surface area contributed by atoms with Gasteiger partial charge in [-0.3, -0.25) is 9.80 Å². The van der Waals surface area contributed by atoms with Gasteiger partial charge in [-0.1, -0.05) is 60.7 Å². The summed E-state index contributed by atoms with van der Waals surface area (Å²) in [4.78, 5) is 5.05. The van der Waals surface area contributed by atoms with E-state index >= 15 is 0 Å². The summed E-state index contributed by atoms with van der Waals surface area (Å²) in [7, 11) is 0. The van der Waals surface area contributed by atoms with Crippen molar-refractivity contribution < 1.29 is 0 Å². The summed E-state index contributed by atoms with van der Waals surface area (Å²) in [6.07, 6.45) is 0. The maximum Gasteiger partial charge on any atom is 0.173 e. The second-order valence-electron chi connectivity index (χ2n) is 8.73. The van der Waals surface area contributed by atoms with Crippen LogP contribution < -0.4 is 0 Å². The number of benzene rings is 2. The summed E-state index contributed by atoms with van der Waals surface area (Å²) >= 11 is 0. The molecule has 0 spiro atoms. The van der Waals surface area contributed by atoms with Crippen LogP contribution in [0.15, 0.2) is 60.7 Å². The maximum absolute atomic E-state index is 4.47. The van der Waals surface area contributed by atoms with E-state index in [1.165, 1.54) is 11.1 Å². The van der Waals surface area contributed by atoms with Crippen molar-refractivity contribution in [3.8, 4) is 0 Å². The fourth-order valence-corrected chi connectivity index (χ4v) is 4.02. The van der Waals surface area contributed by atoms with Gasteiger partial charge in [0.15, 0.2) is 5.82 Å². The Morgan fingerprint density at radius 1 is 0.862 bits per heavy atom. The minimum atomic E-state index is -0.166. The first-order valence-electron chi connectivity index (χ1n) is 10.4. The first-order valence-corrected chi connectivity index (χ1v) is 10.4. The average Bonchev–Trinajstić information content (AvgIpc) is 3.21. The Morgan fingerprint density at radius 3 is 2.10 bits per heavy atom. The van der Waals surface area contributed by atoms with Gasteiger partial charge in [0.2, 0.25) is 0 Å². The first kappa shape index (κ1) is 19.7. The molecule has 6 heteroatoms. The van der Waals surface area contributed by atoms with Crippen LogP contribution in [0.3, 0.4) is 0 Å². The van der Waals surface area contributed by atoms with Gasteiger partial charge >= 0.3 is 0 Å². The molecule has 0 bridgehead atoms. The van der Waals surface area contributed by atoms with E-state index in [1.54, 1.807) is 0 Å². The molecule has 0 N–H and O–H groups in total. The van der Waals surface area contributed by atoms with Gasteiger partial charge in [0, 0.05) is 32.7 Å². The summed E-state index contributed by atoms with van der Waals surface area (Å²) in [5.74, 6) is 0.917. The largest absolute Gasteiger partial charge is 0.297 e. The number of aromatic nitrogens is 4. The fraction of sp³-hybridized carbons (Fsp3) is 0.435. The van der Waals surface area contributed by atoms with Gasteiger partial charge in [-0.05, 0) is 42.3 Å². The smallest absolute Gasteiger partial charge is 0.173 e. The molecule has 3 aromatic rings. The summed E-state index contributed by atoms with van der Waals surface area (Å²) in [5.41, 5.74) is 2.45. The van der Waals surface area contributed by atoms with Crippen LogP contribution in [-0.4, -0.2) is 56.2 Å². The quantitative estimate of drug-likeness (QED) is 0.669. The third kappa shape index (κ3) is 4.54. The molecule has 0 aliphatic carbocycles. The van der Waals surface area contributed by atoms with E-state index in [1.807, 2.05) is 4.68 Å². The molecular weight excluding hydrogens is 360 g/mol. The minimum Gasteiger partial charge on any atom is -0.297 e. The molecule has 1 aliphatic rings. The van der Waals surface area contributed by atoms with E-state index in [-0.39, 0.29) is 11.6 Å². The molecule has 0 radical (unpaired) electrons. The van der Waals surface area contributed by atoms with Gasteiger partial charge in [-0.15, -0.1) is 5.10 Å². The lowest BCUT2D eigenvalue weighted by Crippen LogP contribution is -2.48. The lowest BCUT2D eigenvalue weighted by molar-refractivity contribution is 0.0979. The average molecular weight is 391 g/mol. The van der Waals surface area contributed by atoms with Gasteiger partial charge in [0.05, 0.1) is 11.6 Å². The van der Waals surface area contributed by atoms with E-state index in [2.05, 4.69) is 107 Å². The number of tetrazole rings is 1. The molecule has 0 amide bonds. The molecule has 2 aromatic carbocycles. The fourth-order valence-electron chi connectivity index (χ4n) is 4.02. The number of hydrogen-bond donors (Lipinski definition) is 0. The molecule has 29 heavy (non-hydrogen) atoms. The van der Waals surface area contributed by atoms with Gasteiger partial charge in [-0.2, -0.15) is 0 Å². The van der Waals surface area contributed by atoms with Crippen molar-refractivity contribution in [3.05, 3.63) is 77.6 Å². The number of nitrogens with zero attached hydrogens (tertiary/aromatic N) is 6. The second kappa shape index (κ2) is 8.43. The zero-order valence-electron chi connectivity index (χ0n) is 17.6. The third-order valence-electron chi connectivity index (χ3n) is 5.51. The van der Waals surface area contributed by atoms with Crippen molar-refractivity contribution in [1.29, 1.82) is 0 Å². The lowest BCUT2D eigenvalue weighted by atomic mass is 10.0. The summed E-state index contributed by atoms with van der Waals surface area (Å²) in [6, 6.07) is 21.4. The predicted molar refractivity (Wildman–Crippen MR) is 114 cm³/mol. The molecule has 1 atom stereocenters. The van der Waals surface area contributed by atoms with E-state index in [0.717, 1.165) is 38.5 Å². The highest BCUT2D eigenvalue weighted by atomic mass is 15.6. The molecule has 1 aliphatic heterocycles. The molecule has 1 fully saturated rings. The summed E-state index contributed by atoms with van der Waals surface area (Å²) < 4.78 is 1.97. The summed E-state index contributed by atoms with van der Waals surface area (Å²) in [6.45, 7) is 11.5. The molecule has 1 aromatic heterocycles. The van der Waals surface area contributed by atoms with Crippen LogP contribution in [-0.2, 0) is 12.1 Å². The minimum absolute atomic E-state index is 0.0595. The van der Waals surface area contributed by atoms with Gasteiger partial charge in [0.25, 0.3) is 0 Å². The molecular formula is C23H30N6. The molecule has 1 saturated heterocycles. The topological polar surface area (TPSA) is 50.1 Å². The molecule has 152 valence electrons. The van der Waals surface area contributed by atoms with Crippen molar-refractivity contribution in [2.45, 2.75) is 38.9 Å². The Balaban J connectivity index is 1.55. The molecule has 0 saturated carbocycles. The van der Waals surface area contributed by atoms with Crippen LogP contribution in [0.4, 0.5) is 0 Å². The normalized spacial score (nSPS) is 17.3. The Labute approximate surface area is 173 Å². The SMILES string of the molecule is CC(C)(C)n1nnnc1C(c1ccccc1)N1CCN(Cc2ccccc2)CC1.